The molecule has 2 aromatic rings. The summed E-state index contributed by atoms with van der Waals surface area (Å²) in [7, 11) is 0. The first kappa shape index (κ1) is 13.0. The highest BCUT2D eigenvalue weighted by molar-refractivity contribution is 5.91. The maximum atomic E-state index is 12.4. The summed E-state index contributed by atoms with van der Waals surface area (Å²) in [6.07, 6.45) is 3.19. The van der Waals surface area contributed by atoms with Gasteiger partial charge in [0.2, 0.25) is 11.7 Å². The van der Waals surface area contributed by atoms with Gasteiger partial charge >= 0.3 is 0 Å². The van der Waals surface area contributed by atoms with Crippen LogP contribution in [0.15, 0.2) is 33.4 Å². The zero-order chi connectivity index (χ0) is 14.4. The van der Waals surface area contributed by atoms with Crippen molar-refractivity contribution in [2.75, 3.05) is 0 Å². The molecule has 1 aliphatic carbocycles. The first-order valence-electron chi connectivity index (χ1n) is 6.74. The highest BCUT2D eigenvalue weighted by Crippen LogP contribution is 2.48. The Morgan fingerprint density at radius 3 is 2.65 bits per heavy atom. The van der Waals surface area contributed by atoms with Crippen LogP contribution in [-0.2, 0) is 10.2 Å². The molecular formula is C15H18N2O3. The second kappa shape index (κ2) is 4.23. The molecule has 0 saturated heterocycles. The maximum Gasteiger partial charge on any atom is 0.232 e. The molecule has 0 aromatic carbocycles. The number of amides is 1. The molecule has 0 aliphatic heterocycles. The summed E-state index contributed by atoms with van der Waals surface area (Å²) in [6, 6.07) is 5.39. The summed E-state index contributed by atoms with van der Waals surface area (Å²) >= 11 is 0. The van der Waals surface area contributed by atoms with Gasteiger partial charge in [-0.3, -0.25) is 4.79 Å². The average Bonchev–Trinajstić information content (AvgIpc) is 2.79. The highest BCUT2D eigenvalue weighted by Gasteiger charge is 2.54. The first-order valence-corrected chi connectivity index (χ1v) is 6.74. The lowest BCUT2D eigenvalue weighted by atomic mass is 9.98. The van der Waals surface area contributed by atoms with Gasteiger partial charge in [-0.25, -0.2) is 0 Å². The van der Waals surface area contributed by atoms with E-state index in [0.29, 0.717) is 17.2 Å². The molecule has 106 valence electrons. The lowest BCUT2D eigenvalue weighted by molar-refractivity contribution is -0.125. The van der Waals surface area contributed by atoms with E-state index >= 15 is 0 Å². The largest absolute Gasteiger partial charge is 0.461 e. The van der Waals surface area contributed by atoms with E-state index in [9.17, 15) is 4.79 Å². The van der Waals surface area contributed by atoms with Crippen molar-refractivity contribution < 1.29 is 13.7 Å². The Kier molecular flexibility index (Phi) is 2.74. The summed E-state index contributed by atoms with van der Waals surface area (Å²) in [4.78, 5) is 12.4. The van der Waals surface area contributed by atoms with Gasteiger partial charge in [-0.1, -0.05) is 5.16 Å². The summed E-state index contributed by atoms with van der Waals surface area (Å²) in [5.74, 6) is 1.19. The Bertz CT molecular complexity index is 616. The van der Waals surface area contributed by atoms with Gasteiger partial charge in [0.25, 0.3) is 0 Å². The highest BCUT2D eigenvalue weighted by atomic mass is 16.5. The quantitative estimate of drug-likeness (QED) is 0.934. The van der Waals surface area contributed by atoms with Crippen molar-refractivity contribution in [2.24, 2.45) is 0 Å². The van der Waals surface area contributed by atoms with Crippen molar-refractivity contribution in [3.8, 4) is 11.5 Å². The van der Waals surface area contributed by atoms with Crippen LogP contribution in [0.5, 0.6) is 0 Å². The third-order valence-corrected chi connectivity index (χ3v) is 3.44. The van der Waals surface area contributed by atoms with Gasteiger partial charge < -0.3 is 14.3 Å². The smallest absolute Gasteiger partial charge is 0.232 e. The van der Waals surface area contributed by atoms with Gasteiger partial charge in [0.1, 0.15) is 0 Å². The molecule has 0 bridgehead atoms. The first-order chi connectivity index (χ1) is 9.41. The van der Waals surface area contributed by atoms with E-state index in [1.807, 2.05) is 20.8 Å². The predicted molar refractivity (Wildman–Crippen MR) is 73.0 cm³/mol. The maximum absolute atomic E-state index is 12.4. The van der Waals surface area contributed by atoms with Crippen molar-refractivity contribution in [3.63, 3.8) is 0 Å². The number of furan rings is 1. The normalized spacial score (nSPS) is 16.9. The number of nitrogens with one attached hydrogen (secondary N) is 1. The van der Waals surface area contributed by atoms with Crippen molar-refractivity contribution >= 4 is 5.91 Å². The molecule has 0 unspecified atom stereocenters. The van der Waals surface area contributed by atoms with E-state index in [1.165, 1.54) is 0 Å². The van der Waals surface area contributed by atoms with E-state index in [-0.39, 0.29) is 11.4 Å². The van der Waals surface area contributed by atoms with Crippen LogP contribution in [0.3, 0.4) is 0 Å². The van der Waals surface area contributed by atoms with Crippen LogP contribution in [0, 0.1) is 0 Å². The van der Waals surface area contributed by atoms with Gasteiger partial charge in [0.15, 0.2) is 5.76 Å². The molecule has 1 N–H and O–H groups in total. The molecule has 0 radical (unpaired) electrons. The lowest BCUT2D eigenvalue weighted by Crippen LogP contribution is -2.46. The number of aromatic nitrogens is 1. The molecule has 20 heavy (non-hydrogen) atoms. The molecule has 1 saturated carbocycles. The molecule has 1 aliphatic rings. The minimum Gasteiger partial charge on any atom is -0.461 e. The molecule has 5 heteroatoms. The Hall–Kier alpha value is -2.04. The van der Waals surface area contributed by atoms with E-state index in [2.05, 4.69) is 10.5 Å². The van der Waals surface area contributed by atoms with Crippen LogP contribution in [0.2, 0.25) is 0 Å². The lowest BCUT2D eigenvalue weighted by Gasteiger charge is -2.23. The van der Waals surface area contributed by atoms with Crippen molar-refractivity contribution in [1.82, 2.24) is 10.5 Å². The summed E-state index contributed by atoms with van der Waals surface area (Å²) in [6.45, 7) is 5.91. The van der Waals surface area contributed by atoms with Crippen LogP contribution < -0.4 is 5.32 Å². The van der Waals surface area contributed by atoms with Crippen molar-refractivity contribution in [2.45, 2.75) is 44.6 Å². The number of carbonyl (C=O) groups excluding carboxylic acids is 1. The van der Waals surface area contributed by atoms with Gasteiger partial charge in [-0.2, -0.15) is 0 Å². The predicted octanol–water partition coefficient (Wildman–Crippen LogP) is 2.88. The van der Waals surface area contributed by atoms with Crippen LogP contribution in [0.25, 0.3) is 11.5 Å². The van der Waals surface area contributed by atoms with Crippen LogP contribution in [0.1, 0.15) is 39.3 Å². The van der Waals surface area contributed by atoms with E-state index < -0.39 is 5.41 Å². The summed E-state index contributed by atoms with van der Waals surface area (Å²) < 4.78 is 10.6. The minimum atomic E-state index is -0.526. The molecule has 0 atom stereocenters. The van der Waals surface area contributed by atoms with Crippen molar-refractivity contribution in [3.05, 3.63) is 30.2 Å². The molecule has 5 nitrogen and oxygen atoms in total. The zero-order valence-electron chi connectivity index (χ0n) is 11.9. The van der Waals surface area contributed by atoms with Crippen LogP contribution in [0.4, 0.5) is 0 Å². The average molecular weight is 274 g/mol. The monoisotopic (exact) mass is 274 g/mol. The summed E-state index contributed by atoms with van der Waals surface area (Å²) in [5.41, 5.74) is -0.0901. The van der Waals surface area contributed by atoms with Gasteiger partial charge in [-0.15, -0.1) is 0 Å². The van der Waals surface area contributed by atoms with E-state index in [0.717, 1.165) is 12.8 Å². The van der Waals surface area contributed by atoms with Gasteiger partial charge in [0, 0.05) is 11.6 Å². The fourth-order valence-corrected chi connectivity index (χ4v) is 2.22. The molecule has 3 rings (SSSR count). The Morgan fingerprint density at radius 1 is 1.35 bits per heavy atom. The van der Waals surface area contributed by atoms with Crippen molar-refractivity contribution in [1.29, 1.82) is 0 Å². The van der Waals surface area contributed by atoms with Gasteiger partial charge in [-0.05, 0) is 45.7 Å². The number of rotatable bonds is 3. The third kappa shape index (κ3) is 2.24. The Morgan fingerprint density at radius 2 is 2.10 bits per heavy atom. The Labute approximate surface area is 117 Å². The third-order valence-electron chi connectivity index (χ3n) is 3.44. The van der Waals surface area contributed by atoms with Gasteiger partial charge in [0.05, 0.1) is 17.4 Å². The molecule has 2 aromatic heterocycles. The Balaban J connectivity index is 1.84. The number of carbonyl (C=O) groups is 1. The molecule has 1 amide bonds. The zero-order valence-corrected chi connectivity index (χ0v) is 11.9. The van der Waals surface area contributed by atoms with Crippen LogP contribution >= 0.6 is 0 Å². The fraction of sp³-hybridized carbons (Fsp3) is 0.467. The van der Waals surface area contributed by atoms with Crippen LogP contribution in [-0.4, -0.2) is 16.6 Å². The number of hydrogen-bond acceptors (Lipinski definition) is 4. The number of nitrogens with zero attached hydrogens (tertiary/aromatic N) is 1. The SMILES string of the molecule is CC(C)(C)NC(=O)C1(c2cc(-c3ccco3)on2)CC1. The number of hydrogen-bond donors (Lipinski definition) is 1. The molecule has 0 spiro atoms. The summed E-state index contributed by atoms with van der Waals surface area (Å²) in [5, 5.41) is 7.08. The molecule has 1 fully saturated rings. The fourth-order valence-electron chi connectivity index (χ4n) is 2.22. The molecule has 2 heterocycles. The topological polar surface area (TPSA) is 68.3 Å². The second-order valence-corrected chi connectivity index (χ2v) is 6.34. The van der Waals surface area contributed by atoms with E-state index in [4.69, 9.17) is 8.94 Å². The standard InChI is InChI=1S/C15H18N2O3/c1-14(2,3)16-13(18)15(6-7-15)12-9-11(20-17-12)10-5-4-8-19-10/h4-5,8-9H,6-7H2,1-3H3,(H,16,18). The molecular weight excluding hydrogens is 256 g/mol. The minimum absolute atomic E-state index is 0.0179. The second-order valence-electron chi connectivity index (χ2n) is 6.34. The van der Waals surface area contributed by atoms with E-state index in [1.54, 1.807) is 24.5 Å².